The van der Waals surface area contributed by atoms with Crippen molar-refractivity contribution in [2.75, 3.05) is 10.6 Å². The van der Waals surface area contributed by atoms with E-state index < -0.39 is 5.82 Å². The van der Waals surface area contributed by atoms with Gasteiger partial charge in [0.15, 0.2) is 23.0 Å². The number of aromatic nitrogens is 3. The standard InChI is InChI=1S/C17H12FN7/c18-16-10(7-19)2-1-3-13(16)23-15-6-14(22-11-4-5-11)17-21-9-12(8-20)25(17)24-15/h1-3,6,9,11,22H,4-5H2,(H,23,24). The van der Waals surface area contributed by atoms with Crippen LogP contribution in [-0.4, -0.2) is 20.6 Å². The molecule has 2 aromatic heterocycles. The van der Waals surface area contributed by atoms with Crippen molar-refractivity contribution in [1.29, 1.82) is 10.5 Å². The van der Waals surface area contributed by atoms with Gasteiger partial charge >= 0.3 is 0 Å². The summed E-state index contributed by atoms with van der Waals surface area (Å²) < 4.78 is 15.7. The molecule has 0 aliphatic heterocycles. The number of hydrogen-bond donors (Lipinski definition) is 2. The molecule has 8 heteroatoms. The van der Waals surface area contributed by atoms with Gasteiger partial charge in [0.05, 0.1) is 23.1 Å². The van der Waals surface area contributed by atoms with Gasteiger partial charge in [-0.05, 0) is 25.0 Å². The van der Waals surface area contributed by atoms with Gasteiger partial charge in [-0.1, -0.05) is 6.07 Å². The van der Waals surface area contributed by atoms with Gasteiger partial charge in [0.1, 0.15) is 12.1 Å². The number of benzene rings is 1. The van der Waals surface area contributed by atoms with Crippen LogP contribution < -0.4 is 10.6 Å². The SMILES string of the molecule is N#Cc1cccc(Nc2cc(NC3CC3)c3ncc(C#N)n3n2)c1F. The monoisotopic (exact) mass is 333 g/mol. The maximum absolute atomic E-state index is 14.3. The molecule has 4 rings (SSSR count). The second-order valence-electron chi connectivity index (χ2n) is 5.76. The topological polar surface area (TPSA) is 102 Å². The highest BCUT2D eigenvalue weighted by Crippen LogP contribution is 2.29. The highest BCUT2D eigenvalue weighted by molar-refractivity contribution is 5.73. The summed E-state index contributed by atoms with van der Waals surface area (Å²) in [6.45, 7) is 0. The summed E-state index contributed by atoms with van der Waals surface area (Å²) >= 11 is 0. The van der Waals surface area contributed by atoms with Crippen molar-refractivity contribution >= 4 is 22.8 Å². The van der Waals surface area contributed by atoms with Crippen molar-refractivity contribution in [2.45, 2.75) is 18.9 Å². The fourth-order valence-electron chi connectivity index (χ4n) is 2.51. The lowest BCUT2D eigenvalue weighted by molar-refractivity contribution is 0.628. The Bertz CT molecular complexity index is 1050. The maximum atomic E-state index is 14.3. The first kappa shape index (κ1) is 14.9. The molecule has 7 nitrogen and oxygen atoms in total. The van der Waals surface area contributed by atoms with E-state index in [9.17, 15) is 9.65 Å². The van der Waals surface area contributed by atoms with Gasteiger partial charge in [-0.25, -0.2) is 9.37 Å². The van der Waals surface area contributed by atoms with Gasteiger partial charge in [-0.15, -0.1) is 5.10 Å². The Labute approximate surface area is 142 Å². The molecular formula is C17H12FN7. The fraction of sp³-hybridized carbons (Fsp3) is 0.176. The normalized spacial score (nSPS) is 13.2. The molecule has 1 aliphatic rings. The van der Waals surface area contributed by atoms with Crippen LogP contribution in [0.15, 0.2) is 30.5 Å². The van der Waals surface area contributed by atoms with E-state index in [1.54, 1.807) is 18.2 Å². The molecule has 0 unspecified atom stereocenters. The van der Waals surface area contributed by atoms with Gasteiger partial charge in [0, 0.05) is 12.1 Å². The van der Waals surface area contributed by atoms with Crippen LogP contribution in [-0.2, 0) is 0 Å². The highest BCUT2D eigenvalue weighted by Gasteiger charge is 2.23. The average Bonchev–Trinajstić information content (AvgIpc) is 3.33. The summed E-state index contributed by atoms with van der Waals surface area (Å²) in [5.74, 6) is -0.297. The molecule has 0 radical (unpaired) electrons. The van der Waals surface area contributed by atoms with Gasteiger partial charge in [-0.2, -0.15) is 15.0 Å². The van der Waals surface area contributed by atoms with Gasteiger partial charge < -0.3 is 10.6 Å². The Balaban J connectivity index is 1.79. The zero-order valence-corrected chi connectivity index (χ0v) is 13.0. The van der Waals surface area contributed by atoms with Crippen LogP contribution in [0, 0.1) is 28.5 Å². The smallest absolute Gasteiger partial charge is 0.178 e. The number of anilines is 3. The Morgan fingerprint density at radius 2 is 2.04 bits per heavy atom. The molecule has 3 aromatic rings. The van der Waals surface area contributed by atoms with Gasteiger partial charge in [0.25, 0.3) is 0 Å². The second-order valence-corrected chi connectivity index (χ2v) is 5.76. The first-order valence-electron chi connectivity index (χ1n) is 7.70. The number of nitrogens with one attached hydrogen (secondary N) is 2. The van der Waals surface area contributed by atoms with E-state index in [2.05, 4.69) is 20.7 Å². The number of rotatable bonds is 4. The summed E-state index contributed by atoms with van der Waals surface area (Å²) in [5.41, 5.74) is 1.63. The van der Waals surface area contributed by atoms with Crippen LogP contribution in [0.4, 0.5) is 21.6 Å². The van der Waals surface area contributed by atoms with Gasteiger partial charge in [-0.3, -0.25) is 0 Å². The zero-order valence-electron chi connectivity index (χ0n) is 13.0. The van der Waals surface area contributed by atoms with Crippen LogP contribution in [0.2, 0.25) is 0 Å². The number of nitrogens with zero attached hydrogens (tertiary/aromatic N) is 5. The third kappa shape index (κ3) is 2.70. The highest BCUT2D eigenvalue weighted by atomic mass is 19.1. The number of imidazole rings is 1. The van der Waals surface area contributed by atoms with E-state index in [1.165, 1.54) is 22.8 Å². The lowest BCUT2D eigenvalue weighted by Gasteiger charge is -2.11. The molecule has 2 N–H and O–H groups in total. The van der Waals surface area contributed by atoms with Crippen molar-refractivity contribution in [3.8, 4) is 12.1 Å². The maximum Gasteiger partial charge on any atom is 0.178 e. The Morgan fingerprint density at radius 3 is 2.76 bits per heavy atom. The molecule has 0 atom stereocenters. The third-order valence-corrected chi connectivity index (χ3v) is 3.90. The predicted octanol–water partition coefficient (Wildman–Crippen LogP) is 2.93. The van der Waals surface area contributed by atoms with Crippen LogP contribution in [0.1, 0.15) is 24.1 Å². The Morgan fingerprint density at radius 1 is 1.20 bits per heavy atom. The predicted molar refractivity (Wildman–Crippen MR) is 88.7 cm³/mol. The van der Waals surface area contributed by atoms with E-state index >= 15 is 0 Å². The van der Waals surface area contributed by atoms with Gasteiger partial charge in [0.2, 0.25) is 0 Å². The molecule has 2 heterocycles. The van der Waals surface area contributed by atoms with E-state index in [1.807, 2.05) is 6.07 Å². The molecule has 122 valence electrons. The van der Waals surface area contributed by atoms with Crippen molar-refractivity contribution in [3.05, 3.63) is 47.5 Å². The van der Waals surface area contributed by atoms with Crippen LogP contribution in [0.3, 0.4) is 0 Å². The molecule has 25 heavy (non-hydrogen) atoms. The van der Waals surface area contributed by atoms with E-state index in [0.29, 0.717) is 17.5 Å². The number of hydrogen-bond acceptors (Lipinski definition) is 6. The summed E-state index contributed by atoms with van der Waals surface area (Å²) in [7, 11) is 0. The number of nitriles is 2. The third-order valence-electron chi connectivity index (χ3n) is 3.90. The van der Waals surface area contributed by atoms with Crippen molar-refractivity contribution in [3.63, 3.8) is 0 Å². The van der Waals surface area contributed by atoms with Crippen LogP contribution in [0.25, 0.3) is 5.65 Å². The number of fused-ring (bicyclic) bond motifs is 1. The van der Waals surface area contributed by atoms with E-state index in [-0.39, 0.29) is 16.9 Å². The van der Waals surface area contributed by atoms with E-state index in [4.69, 9.17) is 5.26 Å². The van der Waals surface area contributed by atoms with Crippen molar-refractivity contribution in [2.24, 2.45) is 0 Å². The van der Waals surface area contributed by atoms with Crippen molar-refractivity contribution < 1.29 is 4.39 Å². The number of halogens is 1. The molecule has 0 spiro atoms. The quantitative estimate of drug-likeness (QED) is 0.761. The second kappa shape index (κ2) is 5.77. The minimum absolute atomic E-state index is 0.0530. The molecule has 1 saturated carbocycles. The minimum Gasteiger partial charge on any atom is -0.379 e. The molecule has 1 aromatic carbocycles. The Kier molecular flexibility index (Phi) is 3.44. The Hall–Kier alpha value is -3.65. The van der Waals surface area contributed by atoms with Crippen LogP contribution >= 0.6 is 0 Å². The first-order chi connectivity index (χ1) is 12.2. The first-order valence-corrected chi connectivity index (χ1v) is 7.70. The molecule has 0 bridgehead atoms. The molecule has 1 aliphatic carbocycles. The lowest BCUT2D eigenvalue weighted by atomic mass is 10.2. The fourth-order valence-corrected chi connectivity index (χ4v) is 2.51. The lowest BCUT2D eigenvalue weighted by Crippen LogP contribution is -2.08. The summed E-state index contributed by atoms with van der Waals surface area (Å²) in [6.07, 6.45) is 3.59. The van der Waals surface area contributed by atoms with Crippen molar-refractivity contribution in [1.82, 2.24) is 14.6 Å². The minimum atomic E-state index is -0.644. The van der Waals surface area contributed by atoms with Crippen LogP contribution in [0.5, 0.6) is 0 Å². The average molecular weight is 333 g/mol. The van der Waals surface area contributed by atoms with E-state index in [0.717, 1.165) is 18.5 Å². The molecular weight excluding hydrogens is 321 g/mol. The summed E-state index contributed by atoms with van der Waals surface area (Å²) in [6, 6.07) is 10.4. The zero-order chi connectivity index (χ0) is 17.4. The molecule has 0 amide bonds. The molecule has 0 saturated heterocycles. The molecule has 1 fully saturated rings. The summed E-state index contributed by atoms with van der Waals surface area (Å²) in [5, 5.41) is 28.7. The largest absolute Gasteiger partial charge is 0.379 e. The summed E-state index contributed by atoms with van der Waals surface area (Å²) in [4.78, 5) is 4.23.